The summed E-state index contributed by atoms with van der Waals surface area (Å²) in [7, 11) is -0.961. The SMILES string of the molecule is CCC[C@H](NC(=O)c1cnc(Oc2ccc3c(c2C)B(O)OC3)cn1)C(C)(C)O. The van der Waals surface area contributed by atoms with Crippen LogP contribution in [0.25, 0.3) is 0 Å². The summed E-state index contributed by atoms with van der Waals surface area (Å²) in [6, 6.07) is 3.24. The number of nitrogens with one attached hydrogen (secondary N) is 1. The molecule has 29 heavy (non-hydrogen) atoms. The first kappa shape index (κ1) is 21.2. The Labute approximate surface area is 170 Å². The van der Waals surface area contributed by atoms with Gasteiger partial charge < -0.3 is 24.8 Å². The first-order chi connectivity index (χ1) is 13.7. The molecule has 0 radical (unpaired) electrons. The number of aromatic nitrogens is 2. The van der Waals surface area contributed by atoms with Gasteiger partial charge in [-0.3, -0.25) is 4.79 Å². The van der Waals surface area contributed by atoms with E-state index in [0.29, 0.717) is 24.2 Å². The average Bonchev–Trinajstić information content (AvgIpc) is 3.05. The maximum Gasteiger partial charge on any atom is 0.492 e. The smallest absolute Gasteiger partial charge is 0.437 e. The fraction of sp³-hybridized carbons (Fsp3) is 0.450. The molecule has 0 spiro atoms. The zero-order chi connectivity index (χ0) is 21.2. The van der Waals surface area contributed by atoms with E-state index in [4.69, 9.17) is 9.39 Å². The number of amides is 1. The highest BCUT2D eigenvalue weighted by Crippen LogP contribution is 2.25. The molecule has 2 heterocycles. The minimum atomic E-state index is -1.04. The van der Waals surface area contributed by atoms with Crippen LogP contribution in [0.1, 0.15) is 55.2 Å². The fourth-order valence-electron chi connectivity index (χ4n) is 3.32. The van der Waals surface area contributed by atoms with Crippen LogP contribution in [0.2, 0.25) is 0 Å². The molecule has 1 aliphatic heterocycles. The zero-order valence-electron chi connectivity index (χ0n) is 17.1. The van der Waals surface area contributed by atoms with Gasteiger partial charge in [0.05, 0.1) is 30.6 Å². The van der Waals surface area contributed by atoms with Crippen LogP contribution in [-0.2, 0) is 11.3 Å². The molecule has 1 amide bonds. The monoisotopic (exact) mass is 399 g/mol. The summed E-state index contributed by atoms with van der Waals surface area (Å²) >= 11 is 0. The van der Waals surface area contributed by atoms with Gasteiger partial charge in [-0.05, 0) is 49.8 Å². The van der Waals surface area contributed by atoms with Crippen LogP contribution in [0.4, 0.5) is 0 Å². The van der Waals surface area contributed by atoms with Crippen molar-refractivity contribution in [2.24, 2.45) is 0 Å². The molecule has 0 bridgehead atoms. The molecule has 154 valence electrons. The van der Waals surface area contributed by atoms with Crippen molar-refractivity contribution in [3.8, 4) is 11.6 Å². The third-order valence-corrected chi connectivity index (χ3v) is 5.01. The molecule has 1 atom stereocenters. The Hall–Kier alpha value is -2.49. The number of ether oxygens (including phenoxy) is 1. The van der Waals surface area contributed by atoms with E-state index in [-0.39, 0.29) is 17.6 Å². The highest BCUT2D eigenvalue weighted by atomic mass is 16.5. The number of carbonyl (C=O) groups is 1. The van der Waals surface area contributed by atoms with Gasteiger partial charge in [0.15, 0.2) is 0 Å². The number of benzene rings is 1. The quantitative estimate of drug-likeness (QED) is 0.604. The van der Waals surface area contributed by atoms with Gasteiger partial charge in [-0.1, -0.05) is 19.4 Å². The maximum atomic E-state index is 12.5. The van der Waals surface area contributed by atoms with Crippen LogP contribution < -0.4 is 15.5 Å². The van der Waals surface area contributed by atoms with Gasteiger partial charge in [0.25, 0.3) is 5.91 Å². The largest absolute Gasteiger partial charge is 0.492 e. The Bertz CT molecular complexity index is 883. The zero-order valence-corrected chi connectivity index (χ0v) is 17.1. The third-order valence-electron chi connectivity index (χ3n) is 5.01. The van der Waals surface area contributed by atoms with E-state index in [1.54, 1.807) is 19.9 Å². The second-order valence-corrected chi connectivity index (χ2v) is 7.74. The predicted molar refractivity (Wildman–Crippen MR) is 108 cm³/mol. The Balaban J connectivity index is 1.71. The van der Waals surface area contributed by atoms with E-state index in [9.17, 15) is 14.9 Å². The third kappa shape index (κ3) is 4.75. The fourth-order valence-corrected chi connectivity index (χ4v) is 3.32. The molecule has 0 fully saturated rings. The van der Waals surface area contributed by atoms with E-state index >= 15 is 0 Å². The molecule has 3 rings (SSSR count). The normalized spacial score (nSPS) is 14.5. The lowest BCUT2D eigenvalue weighted by Gasteiger charge is -2.29. The lowest BCUT2D eigenvalue weighted by atomic mass is 9.76. The number of rotatable bonds is 7. The van der Waals surface area contributed by atoms with Crippen molar-refractivity contribution < 1.29 is 24.3 Å². The van der Waals surface area contributed by atoms with Gasteiger partial charge in [0.2, 0.25) is 5.88 Å². The van der Waals surface area contributed by atoms with Crippen molar-refractivity contribution in [3.05, 3.63) is 41.3 Å². The number of carbonyl (C=O) groups excluding carboxylic acids is 1. The highest BCUT2D eigenvalue weighted by Gasteiger charge is 2.31. The second kappa shape index (κ2) is 8.48. The van der Waals surface area contributed by atoms with Crippen molar-refractivity contribution in [2.75, 3.05) is 0 Å². The molecule has 3 N–H and O–H groups in total. The molecule has 1 aromatic carbocycles. The van der Waals surface area contributed by atoms with Gasteiger partial charge in [-0.2, -0.15) is 0 Å². The summed E-state index contributed by atoms with van der Waals surface area (Å²) in [5, 5.41) is 23.0. The highest BCUT2D eigenvalue weighted by molar-refractivity contribution is 6.62. The Morgan fingerprint density at radius 2 is 2.14 bits per heavy atom. The summed E-state index contributed by atoms with van der Waals surface area (Å²) in [5.41, 5.74) is 1.50. The standard InChI is InChI=1S/C20H26BN3O5/c1-5-6-16(20(3,4)26)24-19(25)14-9-23-17(10-22-14)29-15-8-7-13-11-28-21(27)18(13)12(15)2/h7-10,16,26-27H,5-6,11H2,1-4H3,(H,24,25)/t16-/m0/s1. The van der Waals surface area contributed by atoms with Gasteiger partial charge in [0.1, 0.15) is 11.4 Å². The maximum absolute atomic E-state index is 12.5. The molecule has 0 unspecified atom stereocenters. The topological polar surface area (TPSA) is 114 Å². The number of aliphatic hydroxyl groups is 1. The van der Waals surface area contributed by atoms with E-state index in [2.05, 4.69) is 15.3 Å². The van der Waals surface area contributed by atoms with Crippen LogP contribution in [0.5, 0.6) is 11.6 Å². The van der Waals surface area contributed by atoms with Crippen molar-refractivity contribution in [1.82, 2.24) is 15.3 Å². The summed E-state index contributed by atoms with van der Waals surface area (Å²) < 4.78 is 11.0. The van der Waals surface area contributed by atoms with E-state index in [1.807, 2.05) is 19.9 Å². The second-order valence-electron chi connectivity index (χ2n) is 7.74. The summed E-state index contributed by atoms with van der Waals surface area (Å²) in [6.07, 6.45) is 4.18. The first-order valence-electron chi connectivity index (χ1n) is 9.66. The molecule has 2 aromatic rings. The molecule has 0 saturated carbocycles. The minimum Gasteiger partial charge on any atom is -0.437 e. The summed E-state index contributed by atoms with van der Waals surface area (Å²) in [6.45, 7) is 7.52. The molecule has 1 aliphatic rings. The van der Waals surface area contributed by atoms with Crippen LogP contribution in [0, 0.1) is 6.92 Å². The number of hydrogen-bond acceptors (Lipinski definition) is 7. The van der Waals surface area contributed by atoms with Gasteiger partial charge in [0, 0.05) is 0 Å². The number of nitrogens with zero attached hydrogens (tertiary/aromatic N) is 2. The van der Waals surface area contributed by atoms with Crippen LogP contribution in [0.15, 0.2) is 24.5 Å². The van der Waals surface area contributed by atoms with Crippen LogP contribution in [0.3, 0.4) is 0 Å². The predicted octanol–water partition coefficient (Wildman–Crippen LogP) is 1.46. The lowest BCUT2D eigenvalue weighted by Crippen LogP contribution is -2.49. The van der Waals surface area contributed by atoms with Crippen LogP contribution >= 0.6 is 0 Å². The Morgan fingerprint density at radius 3 is 2.76 bits per heavy atom. The van der Waals surface area contributed by atoms with Crippen molar-refractivity contribution >= 4 is 18.5 Å². The molecule has 8 nitrogen and oxygen atoms in total. The molecule has 9 heteroatoms. The summed E-state index contributed by atoms with van der Waals surface area (Å²) in [5.74, 6) is 0.356. The molecular weight excluding hydrogens is 373 g/mol. The Kier molecular flexibility index (Phi) is 6.21. The Morgan fingerprint density at radius 1 is 1.38 bits per heavy atom. The first-order valence-corrected chi connectivity index (χ1v) is 9.66. The minimum absolute atomic E-state index is 0.136. The van der Waals surface area contributed by atoms with Crippen molar-refractivity contribution in [1.29, 1.82) is 0 Å². The van der Waals surface area contributed by atoms with Crippen molar-refractivity contribution in [3.63, 3.8) is 0 Å². The molecule has 0 saturated heterocycles. The average molecular weight is 399 g/mol. The van der Waals surface area contributed by atoms with Gasteiger partial charge in [-0.15, -0.1) is 0 Å². The van der Waals surface area contributed by atoms with Crippen molar-refractivity contribution in [2.45, 2.75) is 58.8 Å². The van der Waals surface area contributed by atoms with E-state index < -0.39 is 18.6 Å². The van der Waals surface area contributed by atoms with Gasteiger partial charge in [-0.25, -0.2) is 9.97 Å². The molecule has 1 aromatic heterocycles. The molecule has 0 aliphatic carbocycles. The van der Waals surface area contributed by atoms with Crippen LogP contribution in [-0.4, -0.2) is 44.8 Å². The van der Waals surface area contributed by atoms with E-state index in [0.717, 1.165) is 17.5 Å². The van der Waals surface area contributed by atoms with Gasteiger partial charge >= 0.3 is 7.12 Å². The molecular formula is C20H26BN3O5. The summed E-state index contributed by atoms with van der Waals surface area (Å²) in [4.78, 5) is 20.8. The lowest BCUT2D eigenvalue weighted by molar-refractivity contribution is 0.0318. The number of hydrogen-bond donors (Lipinski definition) is 3. The number of fused-ring (bicyclic) bond motifs is 1. The van der Waals surface area contributed by atoms with E-state index in [1.165, 1.54) is 12.4 Å².